The van der Waals surface area contributed by atoms with Crippen LogP contribution in [0, 0.1) is 0 Å². The van der Waals surface area contributed by atoms with Crippen LogP contribution in [0.5, 0.6) is 0 Å². The molecule has 0 unspecified atom stereocenters. The summed E-state index contributed by atoms with van der Waals surface area (Å²) in [6.45, 7) is 0. The SMILES string of the molecule is c1cc(Cc2cccc(-c3cccs3)n2)nc(-c2cccs2)c1. The lowest BCUT2D eigenvalue weighted by Gasteiger charge is -2.05. The van der Waals surface area contributed by atoms with E-state index < -0.39 is 0 Å². The van der Waals surface area contributed by atoms with Gasteiger partial charge in [-0.2, -0.15) is 0 Å². The second kappa shape index (κ2) is 6.44. The molecule has 0 saturated heterocycles. The summed E-state index contributed by atoms with van der Waals surface area (Å²) >= 11 is 3.43. The van der Waals surface area contributed by atoms with Crippen LogP contribution in [0.3, 0.4) is 0 Å². The molecule has 0 bridgehead atoms. The van der Waals surface area contributed by atoms with E-state index in [1.165, 1.54) is 9.75 Å². The Morgan fingerprint density at radius 1 is 0.609 bits per heavy atom. The van der Waals surface area contributed by atoms with Crippen LogP contribution in [0.25, 0.3) is 21.1 Å². The Labute approximate surface area is 143 Å². The van der Waals surface area contributed by atoms with Gasteiger partial charge in [0.25, 0.3) is 0 Å². The number of hydrogen-bond acceptors (Lipinski definition) is 4. The Morgan fingerprint density at radius 2 is 1.13 bits per heavy atom. The average Bonchev–Trinajstić information content (AvgIpc) is 3.29. The van der Waals surface area contributed by atoms with Gasteiger partial charge >= 0.3 is 0 Å². The van der Waals surface area contributed by atoms with Gasteiger partial charge in [0, 0.05) is 17.8 Å². The maximum atomic E-state index is 4.78. The predicted molar refractivity (Wildman–Crippen MR) is 97.9 cm³/mol. The Bertz CT molecular complexity index is 821. The fourth-order valence-corrected chi connectivity index (χ4v) is 3.86. The minimum Gasteiger partial charge on any atom is -0.252 e. The van der Waals surface area contributed by atoms with E-state index in [0.717, 1.165) is 29.2 Å². The van der Waals surface area contributed by atoms with E-state index in [1.54, 1.807) is 22.7 Å². The summed E-state index contributed by atoms with van der Waals surface area (Å²) in [7, 11) is 0. The molecule has 2 nitrogen and oxygen atoms in total. The molecule has 0 atom stereocenters. The van der Waals surface area contributed by atoms with E-state index in [-0.39, 0.29) is 0 Å². The first kappa shape index (κ1) is 14.3. The molecule has 23 heavy (non-hydrogen) atoms. The van der Waals surface area contributed by atoms with Gasteiger partial charge < -0.3 is 0 Å². The summed E-state index contributed by atoms with van der Waals surface area (Å²) in [6.07, 6.45) is 0.748. The topological polar surface area (TPSA) is 25.8 Å². The largest absolute Gasteiger partial charge is 0.252 e. The molecule has 0 aliphatic carbocycles. The van der Waals surface area contributed by atoms with Crippen molar-refractivity contribution in [3.8, 4) is 21.1 Å². The van der Waals surface area contributed by atoms with Gasteiger partial charge in [-0.25, -0.2) is 0 Å². The first-order valence-electron chi connectivity index (χ1n) is 7.38. The van der Waals surface area contributed by atoms with Gasteiger partial charge in [-0.3, -0.25) is 9.97 Å². The van der Waals surface area contributed by atoms with E-state index in [4.69, 9.17) is 9.97 Å². The van der Waals surface area contributed by atoms with Crippen LogP contribution in [0.15, 0.2) is 71.4 Å². The van der Waals surface area contributed by atoms with Gasteiger partial charge in [0.1, 0.15) is 0 Å². The first-order valence-corrected chi connectivity index (χ1v) is 9.14. The molecule has 4 aromatic heterocycles. The molecule has 112 valence electrons. The fraction of sp³-hybridized carbons (Fsp3) is 0.0526. The molecule has 4 heterocycles. The van der Waals surface area contributed by atoms with Crippen molar-refractivity contribution in [3.05, 3.63) is 82.8 Å². The second-order valence-electron chi connectivity index (χ2n) is 5.16. The molecule has 0 N–H and O–H groups in total. The van der Waals surface area contributed by atoms with E-state index in [9.17, 15) is 0 Å². The summed E-state index contributed by atoms with van der Waals surface area (Å²) in [5.74, 6) is 0. The molecule has 4 rings (SSSR count). The minimum atomic E-state index is 0.748. The van der Waals surface area contributed by atoms with Crippen LogP contribution in [-0.4, -0.2) is 9.97 Å². The molecular formula is C19H14N2S2. The molecule has 0 aliphatic heterocycles. The van der Waals surface area contributed by atoms with Gasteiger partial charge in [-0.1, -0.05) is 24.3 Å². The lowest BCUT2D eigenvalue weighted by Crippen LogP contribution is -1.96. The number of aromatic nitrogens is 2. The molecule has 0 aromatic carbocycles. The lowest BCUT2D eigenvalue weighted by molar-refractivity contribution is 1.02. The lowest BCUT2D eigenvalue weighted by atomic mass is 10.1. The molecule has 0 radical (unpaired) electrons. The van der Waals surface area contributed by atoms with E-state index in [0.29, 0.717) is 0 Å². The van der Waals surface area contributed by atoms with Crippen molar-refractivity contribution in [2.45, 2.75) is 6.42 Å². The number of hydrogen-bond donors (Lipinski definition) is 0. The minimum absolute atomic E-state index is 0.748. The Kier molecular flexibility index (Phi) is 4.01. The Balaban J connectivity index is 1.61. The number of nitrogens with zero attached hydrogens (tertiary/aromatic N) is 2. The van der Waals surface area contributed by atoms with Gasteiger partial charge in [-0.15, -0.1) is 22.7 Å². The summed E-state index contributed by atoms with van der Waals surface area (Å²) in [6, 6.07) is 20.7. The third kappa shape index (κ3) is 3.23. The third-order valence-electron chi connectivity index (χ3n) is 3.52. The maximum Gasteiger partial charge on any atom is 0.0805 e. The fourth-order valence-electron chi connectivity index (χ4n) is 2.46. The Morgan fingerprint density at radius 3 is 1.57 bits per heavy atom. The molecule has 0 saturated carbocycles. The quantitative estimate of drug-likeness (QED) is 0.491. The standard InChI is InChI=1S/C19H14N2S2/c1-5-14(20-16(7-1)18-9-3-11-22-18)13-15-6-2-8-17(21-15)19-10-4-12-23-19/h1-12H,13H2. The van der Waals surface area contributed by atoms with Crippen LogP contribution >= 0.6 is 22.7 Å². The summed E-state index contributed by atoms with van der Waals surface area (Å²) < 4.78 is 0. The number of thiophene rings is 2. The van der Waals surface area contributed by atoms with Crippen molar-refractivity contribution in [2.75, 3.05) is 0 Å². The highest BCUT2D eigenvalue weighted by Crippen LogP contribution is 2.24. The van der Waals surface area contributed by atoms with Gasteiger partial charge in [0.15, 0.2) is 0 Å². The van der Waals surface area contributed by atoms with Crippen molar-refractivity contribution in [2.24, 2.45) is 0 Å². The van der Waals surface area contributed by atoms with Gasteiger partial charge in [0.2, 0.25) is 0 Å². The number of pyridine rings is 2. The van der Waals surface area contributed by atoms with Crippen LogP contribution in [0.2, 0.25) is 0 Å². The molecule has 0 aliphatic rings. The molecular weight excluding hydrogens is 320 g/mol. The van der Waals surface area contributed by atoms with Crippen LogP contribution in [-0.2, 0) is 6.42 Å². The van der Waals surface area contributed by atoms with Crippen molar-refractivity contribution >= 4 is 22.7 Å². The zero-order valence-electron chi connectivity index (χ0n) is 12.3. The molecule has 0 spiro atoms. The summed E-state index contributed by atoms with van der Waals surface area (Å²) in [5.41, 5.74) is 4.16. The molecule has 0 fully saturated rings. The molecule has 4 heteroatoms. The van der Waals surface area contributed by atoms with Crippen molar-refractivity contribution in [3.63, 3.8) is 0 Å². The van der Waals surface area contributed by atoms with Crippen molar-refractivity contribution in [1.82, 2.24) is 9.97 Å². The van der Waals surface area contributed by atoms with Gasteiger partial charge in [0.05, 0.1) is 21.1 Å². The zero-order valence-corrected chi connectivity index (χ0v) is 14.0. The van der Waals surface area contributed by atoms with E-state index in [1.807, 2.05) is 0 Å². The smallest absolute Gasteiger partial charge is 0.0805 e. The Hall–Kier alpha value is -2.30. The zero-order chi connectivity index (χ0) is 15.5. The highest BCUT2D eigenvalue weighted by Gasteiger charge is 2.06. The first-order chi connectivity index (χ1) is 11.4. The summed E-state index contributed by atoms with van der Waals surface area (Å²) in [4.78, 5) is 12.0. The number of rotatable bonds is 4. The van der Waals surface area contributed by atoms with Gasteiger partial charge in [-0.05, 0) is 47.2 Å². The molecule has 4 aromatic rings. The predicted octanol–water partition coefficient (Wildman–Crippen LogP) is 5.52. The van der Waals surface area contributed by atoms with Crippen LogP contribution in [0.1, 0.15) is 11.4 Å². The highest BCUT2D eigenvalue weighted by molar-refractivity contribution is 7.13. The maximum absolute atomic E-state index is 4.78. The van der Waals surface area contributed by atoms with Crippen molar-refractivity contribution in [1.29, 1.82) is 0 Å². The van der Waals surface area contributed by atoms with E-state index in [2.05, 4.69) is 71.4 Å². The van der Waals surface area contributed by atoms with Crippen LogP contribution in [0.4, 0.5) is 0 Å². The highest BCUT2D eigenvalue weighted by atomic mass is 32.1. The second-order valence-corrected chi connectivity index (χ2v) is 7.06. The third-order valence-corrected chi connectivity index (χ3v) is 5.31. The average molecular weight is 334 g/mol. The van der Waals surface area contributed by atoms with Crippen molar-refractivity contribution < 1.29 is 0 Å². The van der Waals surface area contributed by atoms with E-state index >= 15 is 0 Å². The normalized spacial score (nSPS) is 10.8. The molecule has 0 amide bonds. The van der Waals surface area contributed by atoms with Crippen LogP contribution < -0.4 is 0 Å². The summed E-state index contributed by atoms with van der Waals surface area (Å²) in [5, 5.41) is 4.16. The monoisotopic (exact) mass is 334 g/mol.